The van der Waals surface area contributed by atoms with Crippen LogP contribution in [0.5, 0.6) is 0 Å². The van der Waals surface area contributed by atoms with Crippen molar-refractivity contribution >= 4 is 33.7 Å². The van der Waals surface area contributed by atoms with Crippen LogP contribution in [-0.4, -0.2) is 27.3 Å². The van der Waals surface area contributed by atoms with Crippen molar-refractivity contribution in [2.75, 3.05) is 11.9 Å². The standard InChI is InChI=1S/C22H20N4O2S2/c1-14-19(24-21(29-14)17-8-5-11-28-17)20(27)25-22-23-16-9-10-26(13-18(16)30-22)12-15-6-3-2-4-7-15/h2-8,11H,9-10,12-13H2,1H3,(H,23,25,27). The van der Waals surface area contributed by atoms with Gasteiger partial charge in [-0.15, -0.1) is 22.7 Å². The first-order valence-electron chi connectivity index (χ1n) is 9.73. The minimum absolute atomic E-state index is 0.228. The van der Waals surface area contributed by atoms with Gasteiger partial charge in [0.05, 0.1) is 12.0 Å². The average Bonchev–Trinajstić information content (AvgIpc) is 3.47. The number of furan rings is 1. The minimum atomic E-state index is -0.228. The quantitative estimate of drug-likeness (QED) is 0.478. The van der Waals surface area contributed by atoms with E-state index in [4.69, 9.17) is 4.42 Å². The molecule has 1 N–H and O–H groups in total. The highest BCUT2D eigenvalue weighted by molar-refractivity contribution is 7.16. The Morgan fingerprint density at radius 1 is 1.17 bits per heavy atom. The van der Waals surface area contributed by atoms with Gasteiger partial charge in [0.25, 0.3) is 5.91 Å². The summed E-state index contributed by atoms with van der Waals surface area (Å²) in [6.07, 6.45) is 2.50. The number of fused-ring (bicyclic) bond motifs is 1. The Kier molecular flexibility index (Phi) is 5.20. The molecule has 3 aromatic heterocycles. The molecule has 0 atom stereocenters. The third-order valence-electron chi connectivity index (χ3n) is 5.02. The molecule has 4 aromatic rings. The van der Waals surface area contributed by atoms with E-state index in [0.29, 0.717) is 21.6 Å². The number of amides is 1. The molecule has 0 bridgehead atoms. The van der Waals surface area contributed by atoms with E-state index in [0.717, 1.165) is 36.6 Å². The molecular weight excluding hydrogens is 416 g/mol. The molecule has 8 heteroatoms. The molecule has 1 aliphatic rings. The van der Waals surface area contributed by atoms with Gasteiger partial charge in [0.1, 0.15) is 5.69 Å². The fraction of sp³-hybridized carbons (Fsp3) is 0.227. The van der Waals surface area contributed by atoms with Gasteiger partial charge in [0.2, 0.25) is 0 Å². The van der Waals surface area contributed by atoms with Crippen LogP contribution in [-0.2, 0) is 19.5 Å². The van der Waals surface area contributed by atoms with Crippen molar-refractivity contribution in [2.45, 2.75) is 26.4 Å². The Morgan fingerprint density at radius 3 is 2.83 bits per heavy atom. The van der Waals surface area contributed by atoms with Crippen molar-refractivity contribution in [3.63, 3.8) is 0 Å². The van der Waals surface area contributed by atoms with E-state index in [1.807, 2.05) is 25.1 Å². The maximum absolute atomic E-state index is 12.8. The largest absolute Gasteiger partial charge is 0.462 e. The Bertz CT molecular complexity index is 1170. The zero-order valence-electron chi connectivity index (χ0n) is 16.4. The molecule has 152 valence electrons. The minimum Gasteiger partial charge on any atom is -0.462 e. The summed E-state index contributed by atoms with van der Waals surface area (Å²) in [5.41, 5.74) is 2.82. The van der Waals surface area contributed by atoms with Crippen molar-refractivity contribution < 1.29 is 9.21 Å². The monoisotopic (exact) mass is 436 g/mol. The van der Waals surface area contributed by atoms with Gasteiger partial charge >= 0.3 is 0 Å². The van der Waals surface area contributed by atoms with Gasteiger partial charge in [-0.05, 0) is 24.6 Å². The zero-order valence-corrected chi connectivity index (χ0v) is 18.1. The molecule has 0 unspecified atom stereocenters. The number of hydrogen-bond acceptors (Lipinski definition) is 7. The summed E-state index contributed by atoms with van der Waals surface area (Å²) in [6, 6.07) is 14.1. The van der Waals surface area contributed by atoms with Crippen molar-refractivity contribution in [3.8, 4) is 10.8 Å². The van der Waals surface area contributed by atoms with E-state index >= 15 is 0 Å². The lowest BCUT2D eigenvalue weighted by Crippen LogP contribution is -2.29. The second kappa shape index (κ2) is 8.14. The number of hydrogen-bond donors (Lipinski definition) is 1. The van der Waals surface area contributed by atoms with Crippen molar-refractivity contribution in [3.05, 3.63) is 75.4 Å². The van der Waals surface area contributed by atoms with Gasteiger partial charge in [-0.2, -0.15) is 0 Å². The molecule has 0 spiro atoms. The number of thiazole rings is 2. The normalized spacial score (nSPS) is 13.9. The number of carbonyl (C=O) groups is 1. The predicted octanol–water partition coefficient (Wildman–Crippen LogP) is 4.98. The van der Waals surface area contributed by atoms with Gasteiger partial charge in [-0.3, -0.25) is 15.0 Å². The molecule has 4 heterocycles. The third kappa shape index (κ3) is 3.94. The lowest BCUT2D eigenvalue weighted by atomic mass is 10.1. The van der Waals surface area contributed by atoms with Crippen molar-refractivity contribution in [1.82, 2.24) is 14.9 Å². The van der Waals surface area contributed by atoms with Gasteiger partial charge < -0.3 is 4.42 Å². The molecular formula is C22H20N4O2S2. The van der Waals surface area contributed by atoms with Crippen LogP contribution in [0.15, 0.2) is 53.1 Å². The fourth-order valence-corrected chi connectivity index (χ4v) is 5.47. The number of nitrogens with zero attached hydrogens (tertiary/aromatic N) is 3. The second-order valence-electron chi connectivity index (χ2n) is 7.19. The van der Waals surface area contributed by atoms with Crippen LogP contribution < -0.4 is 5.32 Å². The number of anilines is 1. The highest BCUT2D eigenvalue weighted by atomic mass is 32.1. The number of aryl methyl sites for hydroxylation is 1. The van der Waals surface area contributed by atoms with E-state index in [2.05, 4.69) is 44.5 Å². The second-order valence-corrected chi connectivity index (χ2v) is 9.48. The fourth-order valence-electron chi connectivity index (χ4n) is 3.55. The van der Waals surface area contributed by atoms with Gasteiger partial charge in [0, 0.05) is 35.8 Å². The molecule has 30 heavy (non-hydrogen) atoms. The molecule has 0 aliphatic carbocycles. The van der Waals surface area contributed by atoms with Crippen LogP contribution in [0.1, 0.15) is 31.5 Å². The molecule has 5 rings (SSSR count). The zero-order chi connectivity index (χ0) is 20.5. The topological polar surface area (TPSA) is 71.3 Å². The highest BCUT2D eigenvalue weighted by Gasteiger charge is 2.23. The lowest BCUT2D eigenvalue weighted by molar-refractivity contribution is 0.102. The molecule has 0 fully saturated rings. The summed E-state index contributed by atoms with van der Waals surface area (Å²) >= 11 is 3.01. The maximum atomic E-state index is 12.8. The predicted molar refractivity (Wildman–Crippen MR) is 119 cm³/mol. The molecule has 0 radical (unpaired) electrons. The molecule has 1 aromatic carbocycles. The van der Waals surface area contributed by atoms with Crippen LogP contribution in [0.25, 0.3) is 10.8 Å². The van der Waals surface area contributed by atoms with Crippen LogP contribution in [0.4, 0.5) is 5.13 Å². The highest BCUT2D eigenvalue weighted by Crippen LogP contribution is 2.31. The number of rotatable bonds is 5. The van der Waals surface area contributed by atoms with E-state index in [9.17, 15) is 4.79 Å². The summed E-state index contributed by atoms with van der Waals surface area (Å²) in [5, 5.41) is 4.29. The number of benzene rings is 1. The molecule has 1 aliphatic heterocycles. The number of carbonyl (C=O) groups excluding carboxylic acids is 1. The SMILES string of the molecule is Cc1sc(-c2ccco2)nc1C(=O)Nc1nc2c(s1)CN(Cc1ccccc1)CC2. The van der Waals surface area contributed by atoms with E-state index < -0.39 is 0 Å². The Balaban J connectivity index is 1.28. The average molecular weight is 437 g/mol. The third-order valence-corrected chi connectivity index (χ3v) is 7.01. The summed E-state index contributed by atoms with van der Waals surface area (Å²) < 4.78 is 5.39. The van der Waals surface area contributed by atoms with E-state index in [1.54, 1.807) is 17.6 Å². The molecule has 0 saturated carbocycles. The van der Waals surface area contributed by atoms with Gasteiger partial charge in [0.15, 0.2) is 15.9 Å². The van der Waals surface area contributed by atoms with E-state index in [1.165, 1.54) is 21.8 Å². The molecule has 0 saturated heterocycles. The number of aromatic nitrogens is 2. The van der Waals surface area contributed by atoms with Crippen LogP contribution >= 0.6 is 22.7 Å². The van der Waals surface area contributed by atoms with Crippen LogP contribution in [0, 0.1) is 6.92 Å². The maximum Gasteiger partial charge on any atom is 0.277 e. The molecule has 6 nitrogen and oxygen atoms in total. The van der Waals surface area contributed by atoms with Crippen LogP contribution in [0.3, 0.4) is 0 Å². The van der Waals surface area contributed by atoms with Gasteiger partial charge in [-0.1, -0.05) is 30.3 Å². The summed E-state index contributed by atoms with van der Waals surface area (Å²) in [7, 11) is 0. The first kappa shape index (κ1) is 19.2. The van der Waals surface area contributed by atoms with Crippen molar-refractivity contribution in [2.24, 2.45) is 0 Å². The van der Waals surface area contributed by atoms with E-state index in [-0.39, 0.29) is 5.91 Å². The summed E-state index contributed by atoms with van der Waals surface area (Å²) in [5.74, 6) is 0.444. The Hall–Kier alpha value is -2.81. The first-order valence-corrected chi connectivity index (χ1v) is 11.4. The smallest absolute Gasteiger partial charge is 0.277 e. The summed E-state index contributed by atoms with van der Waals surface area (Å²) in [4.78, 5) is 26.4. The first-order chi connectivity index (χ1) is 14.7. The Labute approximate surface area is 182 Å². The molecule has 1 amide bonds. The van der Waals surface area contributed by atoms with Crippen molar-refractivity contribution in [1.29, 1.82) is 0 Å². The lowest BCUT2D eigenvalue weighted by Gasteiger charge is -2.25. The summed E-state index contributed by atoms with van der Waals surface area (Å²) in [6.45, 7) is 4.65. The number of nitrogens with one attached hydrogen (secondary N) is 1. The Morgan fingerprint density at radius 2 is 2.03 bits per heavy atom. The van der Waals surface area contributed by atoms with Gasteiger partial charge in [-0.25, -0.2) is 9.97 Å². The van der Waals surface area contributed by atoms with Crippen LogP contribution in [0.2, 0.25) is 0 Å².